The molecule has 6 rings (SSSR count). The zero-order valence-corrected chi connectivity index (χ0v) is 20.5. The molecule has 1 saturated carbocycles. The van der Waals surface area contributed by atoms with Gasteiger partial charge in [-0.25, -0.2) is 0 Å². The molecule has 2 aliphatic carbocycles. The molecule has 1 N–H and O–H groups in total. The summed E-state index contributed by atoms with van der Waals surface area (Å²) in [4.78, 5) is 15.9. The maximum atomic E-state index is 13.1. The summed E-state index contributed by atoms with van der Waals surface area (Å²) in [5.74, 6) is 1.61. The molecule has 34 heavy (non-hydrogen) atoms. The van der Waals surface area contributed by atoms with Gasteiger partial charge in [0.2, 0.25) is 0 Å². The average Bonchev–Trinajstić information content (AvgIpc) is 3.67. The van der Waals surface area contributed by atoms with E-state index in [2.05, 4.69) is 78.7 Å². The van der Waals surface area contributed by atoms with Crippen LogP contribution in [0.5, 0.6) is 0 Å². The third-order valence-corrected chi connectivity index (χ3v) is 9.14. The maximum Gasteiger partial charge on any atom is 0.251 e. The zero-order valence-electron chi connectivity index (χ0n) is 20.5. The van der Waals surface area contributed by atoms with E-state index in [1.807, 2.05) is 6.07 Å². The molecule has 1 amide bonds. The van der Waals surface area contributed by atoms with Crippen molar-refractivity contribution in [1.82, 2.24) is 10.2 Å². The number of fused-ring (bicyclic) bond motifs is 5. The Bertz CT molecular complexity index is 1220. The molecule has 1 saturated heterocycles. The van der Waals surface area contributed by atoms with Gasteiger partial charge in [-0.2, -0.15) is 0 Å². The lowest BCUT2D eigenvalue weighted by Gasteiger charge is -2.55. The summed E-state index contributed by atoms with van der Waals surface area (Å²) in [7, 11) is 0. The summed E-state index contributed by atoms with van der Waals surface area (Å²) in [6, 6.07) is 22.0. The summed E-state index contributed by atoms with van der Waals surface area (Å²) < 4.78 is 0. The van der Waals surface area contributed by atoms with E-state index < -0.39 is 0 Å². The quantitative estimate of drug-likeness (QED) is 0.517. The van der Waals surface area contributed by atoms with E-state index >= 15 is 0 Å². The van der Waals surface area contributed by atoms with E-state index in [9.17, 15) is 4.79 Å². The molecule has 1 heterocycles. The number of carbonyl (C=O) groups excluding carboxylic acids is 1. The molecule has 3 nitrogen and oxygen atoms in total. The highest BCUT2D eigenvalue weighted by Gasteiger charge is 2.49. The fourth-order valence-electron chi connectivity index (χ4n) is 6.63. The molecule has 176 valence electrons. The van der Waals surface area contributed by atoms with Crippen molar-refractivity contribution in [3.63, 3.8) is 0 Å². The van der Waals surface area contributed by atoms with Gasteiger partial charge in [-0.05, 0) is 95.5 Å². The van der Waals surface area contributed by atoms with Gasteiger partial charge >= 0.3 is 0 Å². The van der Waals surface area contributed by atoms with Gasteiger partial charge in [-0.1, -0.05) is 62.4 Å². The SMILES string of the molecule is C[C@@H]1[C@H]2Cc3ccc(C(=O)NCCc4cccc5ccccc45)cc3[C@]1(C)CCN2CC1CC1. The van der Waals surface area contributed by atoms with E-state index in [-0.39, 0.29) is 11.3 Å². The number of likely N-dealkylation sites (tertiary alicyclic amines) is 1. The minimum atomic E-state index is 0.0487. The van der Waals surface area contributed by atoms with Gasteiger partial charge in [0.1, 0.15) is 0 Å². The molecular weight excluding hydrogens is 416 g/mol. The summed E-state index contributed by atoms with van der Waals surface area (Å²) in [6.45, 7) is 8.03. The smallest absolute Gasteiger partial charge is 0.251 e. The lowest BCUT2D eigenvalue weighted by Crippen LogP contribution is -2.58. The molecule has 3 aromatic carbocycles. The third-order valence-electron chi connectivity index (χ3n) is 9.14. The van der Waals surface area contributed by atoms with E-state index in [0.29, 0.717) is 18.5 Å². The highest BCUT2D eigenvalue weighted by molar-refractivity contribution is 5.94. The van der Waals surface area contributed by atoms with Crippen LogP contribution in [0.3, 0.4) is 0 Å². The topological polar surface area (TPSA) is 32.3 Å². The first-order valence-electron chi connectivity index (χ1n) is 13.2. The van der Waals surface area contributed by atoms with Crippen LogP contribution in [0.4, 0.5) is 0 Å². The van der Waals surface area contributed by atoms with Crippen molar-refractivity contribution >= 4 is 16.7 Å². The summed E-state index contributed by atoms with van der Waals surface area (Å²) >= 11 is 0. The van der Waals surface area contributed by atoms with Gasteiger partial charge in [0.15, 0.2) is 0 Å². The van der Waals surface area contributed by atoms with Crippen LogP contribution in [0.2, 0.25) is 0 Å². The van der Waals surface area contributed by atoms with E-state index in [1.54, 1.807) is 0 Å². The third kappa shape index (κ3) is 3.84. The summed E-state index contributed by atoms with van der Waals surface area (Å²) in [6.07, 6.45) is 6.00. The first kappa shape index (κ1) is 21.9. The standard InChI is InChI=1S/C31H36N2O/c1-21-29-19-25-12-13-26(18-28(25)31(21,2)15-17-33(29)20-22-10-11-22)30(34)32-16-14-24-8-5-7-23-6-3-4-9-27(23)24/h3-9,12-13,18,21-22,29H,10-11,14-17,19-20H2,1-2H3,(H,32,34)/t21-,29-,31-/m1/s1. The second-order valence-corrected chi connectivity index (χ2v) is 11.2. The zero-order chi connectivity index (χ0) is 23.3. The minimum absolute atomic E-state index is 0.0487. The summed E-state index contributed by atoms with van der Waals surface area (Å²) in [5, 5.41) is 5.72. The fourth-order valence-corrected chi connectivity index (χ4v) is 6.63. The second kappa shape index (κ2) is 8.53. The monoisotopic (exact) mass is 452 g/mol. The van der Waals surface area contributed by atoms with Crippen molar-refractivity contribution in [2.45, 2.75) is 57.4 Å². The Morgan fingerprint density at radius 2 is 1.91 bits per heavy atom. The largest absolute Gasteiger partial charge is 0.352 e. The number of nitrogens with one attached hydrogen (secondary N) is 1. The summed E-state index contributed by atoms with van der Waals surface area (Å²) in [5.41, 5.74) is 5.14. The Kier molecular flexibility index (Phi) is 5.49. The number of piperidine rings is 1. The van der Waals surface area contributed by atoms with Gasteiger partial charge in [-0.15, -0.1) is 0 Å². The van der Waals surface area contributed by atoms with Crippen LogP contribution in [-0.2, 0) is 18.3 Å². The van der Waals surface area contributed by atoms with Gasteiger partial charge in [-0.3, -0.25) is 9.69 Å². The number of rotatable bonds is 6. The first-order chi connectivity index (χ1) is 16.5. The van der Waals surface area contributed by atoms with Gasteiger partial charge < -0.3 is 5.32 Å². The van der Waals surface area contributed by atoms with Gasteiger partial charge in [0, 0.05) is 24.7 Å². The number of hydrogen-bond donors (Lipinski definition) is 1. The Morgan fingerprint density at radius 1 is 1.09 bits per heavy atom. The van der Waals surface area contributed by atoms with Gasteiger partial charge in [0.05, 0.1) is 0 Å². The van der Waals surface area contributed by atoms with Crippen LogP contribution in [-0.4, -0.2) is 36.5 Å². The molecule has 3 atom stereocenters. The number of benzene rings is 3. The number of nitrogens with zero attached hydrogens (tertiary/aromatic N) is 1. The molecule has 0 radical (unpaired) electrons. The average molecular weight is 453 g/mol. The van der Waals surface area contributed by atoms with Crippen molar-refractivity contribution in [2.75, 3.05) is 19.6 Å². The Morgan fingerprint density at radius 3 is 2.76 bits per heavy atom. The fraction of sp³-hybridized carbons (Fsp3) is 0.452. The van der Waals surface area contributed by atoms with Gasteiger partial charge in [0.25, 0.3) is 5.91 Å². The van der Waals surface area contributed by atoms with Crippen molar-refractivity contribution in [2.24, 2.45) is 11.8 Å². The van der Waals surface area contributed by atoms with E-state index in [0.717, 1.165) is 24.3 Å². The van der Waals surface area contributed by atoms with Crippen LogP contribution >= 0.6 is 0 Å². The highest BCUT2D eigenvalue weighted by atomic mass is 16.1. The Labute approximate surface area is 203 Å². The molecule has 2 fully saturated rings. The molecule has 1 aliphatic heterocycles. The molecule has 0 spiro atoms. The normalized spacial score (nSPS) is 26.3. The first-order valence-corrected chi connectivity index (χ1v) is 13.2. The molecule has 3 aliphatic rings. The lowest BCUT2D eigenvalue weighted by molar-refractivity contribution is 0.0284. The van der Waals surface area contributed by atoms with Crippen molar-refractivity contribution < 1.29 is 4.79 Å². The van der Waals surface area contributed by atoms with E-state index in [1.165, 1.54) is 59.8 Å². The number of carbonyl (C=O) groups is 1. The molecule has 0 aromatic heterocycles. The predicted molar refractivity (Wildman–Crippen MR) is 139 cm³/mol. The van der Waals surface area contributed by atoms with Crippen molar-refractivity contribution in [1.29, 1.82) is 0 Å². The van der Waals surface area contributed by atoms with Crippen LogP contribution in [0.15, 0.2) is 60.7 Å². The number of amides is 1. The molecule has 3 heteroatoms. The molecule has 3 aromatic rings. The van der Waals surface area contributed by atoms with Crippen LogP contribution in [0.25, 0.3) is 10.8 Å². The Balaban J connectivity index is 1.17. The molecule has 0 unspecified atom stereocenters. The van der Waals surface area contributed by atoms with Crippen LogP contribution < -0.4 is 5.32 Å². The molecular formula is C31H36N2O. The van der Waals surface area contributed by atoms with Crippen LogP contribution in [0.1, 0.15) is 60.2 Å². The Hall–Kier alpha value is -2.65. The minimum Gasteiger partial charge on any atom is -0.352 e. The predicted octanol–water partition coefficient (Wildman–Crippen LogP) is 5.75. The van der Waals surface area contributed by atoms with Crippen molar-refractivity contribution in [3.05, 3.63) is 82.9 Å². The van der Waals surface area contributed by atoms with Crippen molar-refractivity contribution in [3.8, 4) is 0 Å². The van der Waals surface area contributed by atoms with E-state index in [4.69, 9.17) is 0 Å². The maximum absolute atomic E-state index is 13.1. The molecule has 2 bridgehead atoms. The lowest BCUT2D eigenvalue weighted by atomic mass is 9.59. The second-order valence-electron chi connectivity index (χ2n) is 11.2. The number of hydrogen-bond acceptors (Lipinski definition) is 2. The highest BCUT2D eigenvalue weighted by Crippen LogP contribution is 2.49. The van der Waals surface area contributed by atoms with Crippen LogP contribution in [0, 0.1) is 11.8 Å².